The van der Waals surface area contributed by atoms with Crippen molar-refractivity contribution in [1.29, 1.82) is 0 Å². The van der Waals surface area contributed by atoms with Gasteiger partial charge in [-0.3, -0.25) is 34.0 Å². The number of thioether (sulfide) groups is 1. The van der Waals surface area contributed by atoms with Crippen LogP contribution < -0.4 is 21.9 Å². The molecule has 0 fully saturated rings. The van der Waals surface area contributed by atoms with Gasteiger partial charge in [0.05, 0.1) is 12.3 Å². The minimum Gasteiger partial charge on any atom is -0.311 e. The molecule has 1 aromatic heterocycles. The zero-order valence-electron chi connectivity index (χ0n) is 13.7. The van der Waals surface area contributed by atoms with Crippen LogP contribution in [0, 0.1) is 0 Å². The number of nitrogens with zero attached hydrogens (tertiary/aromatic N) is 2. The van der Waals surface area contributed by atoms with Crippen LogP contribution in [0.25, 0.3) is 0 Å². The molecule has 3 amide bonds. The monoisotopic (exact) mass is 387 g/mol. The number of H-pyrrole nitrogens is 1. The second kappa shape index (κ2) is 7.83. The molecule has 11 heteroatoms. The number of hydrogen-bond donors (Lipinski definition) is 3. The summed E-state index contributed by atoms with van der Waals surface area (Å²) in [6, 6.07) is 10.1. The number of aromatic nitrogens is 2. The first kappa shape index (κ1) is 18.3. The maximum Gasteiger partial charge on any atom is 0.337 e. The quantitative estimate of drug-likeness (QED) is 0.577. The SMILES string of the molecule is O=C(CSC1=NC(=O)C(=O)N1)Nc1cc(=O)[nH]c(=O)n1Cc1ccccc1. The van der Waals surface area contributed by atoms with Gasteiger partial charge in [-0.25, -0.2) is 4.79 Å². The van der Waals surface area contributed by atoms with Crippen LogP contribution >= 0.6 is 11.8 Å². The largest absolute Gasteiger partial charge is 0.337 e. The zero-order valence-corrected chi connectivity index (χ0v) is 14.5. The van der Waals surface area contributed by atoms with Gasteiger partial charge in [0.15, 0.2) is 5.17 Å². The molecule has 10 nitrogen and oxygen atoms in total. The van der Waals surface area contributed by atoms with E-state index < -0.39 is 29.0 Å². The molecule has 1 aromatic carbocycles. The van der Waals surface area contributed by atoms with Crippen LogP contribution in [0.4, 0.5) is 5.82 Å². The number of nitrogens with one attached hydrogen (secondary N) is 3. The fourth-order valence-corrected chi connectivity index (χ4v) is 2.90. The second-order valence-corrected chi connectivity index (χ2v) is 6.37. The average molecular weight is 387 g/mol. The number of carbonyl (C=O) groups excluding carboxylic acids is 3. The lowest BCUT2D eigenvalue weighted by molar-refractivity contribution is -0.135. The lowest BCUT2D eigenvalue weighted by atomic mass is 10.2. The van der Waals surface area contributed by atoms with Crippen LogP contribution in [0.15, 0.2) is 51.0 Å². The Morgan fingerprint density at radius 3 is 2.56 bits per heavy atom. The number of amidine groups is 1. The Labute approximate surface area is 155 Å². The number of carbonyl (C=O) groups is 3. The topological polar surface area (TPSA) is 142 Å². The van der Waals surface area contributed by atoms with Gasteiger partial charge in [0.2, 0.25) is 5.91 Å². The summed E-state index contributed by atoms with van der Waals surface area (Å²) in [5, 5.41) is 4.73. The third kappa shape index (κ3) is 4.58. The van der Waals surface area contributed by atoms with Crippen molar-refractivity contribution in [2.24, 2.45) is 4.99 Å². The highest BCUT2D eigenvalue weighted by molar-refractivity contribution is 8.14. The predicted octanol–water partition coefficient (Wildman–Crippen LogP) is -0.731. The van der Waals surface area contributed by atoms with E-state index in [1.807, 2.05) is 6.07 Å². The van der Waals surface area contributed by atoms with Crippen molar-refractivity contribution in [2.45, 2.75) is 6.54 Å². The van der Waals surface area contributed by atoms with Crippen LogP contribution in [0.5, 0.6) is 0 Å². The lowest BCUT2D eigenvalue weighted by Gasteiger charge is -2.13. The van der Waals surface area contributed by atoms with Gasteiger partial charge >= 0.3 is 17.5 Å². The van der Waals surface area contributed by atoms with Crippen LogP contribution in [-0.2, 0) is 20.9 Å². The summed E-state index contributed by atoms with van der Waals surface area (Å²) >= 11 is 0.849. The third-order valence-electron chi connectivity index (χ3n) is 3.44. The van der Waals surface area contributed by atoms with Crippen LogP contribution in [0.3, 0.4) is 0 Å². The highest BCUT2D eigenvalue weighted by Crippen LogP contribution is 2.10. The van der Waals surface area contributed by atoms with Crippen molar-refractivity contribution in [2.75, 3.05) is 11.1 Å². The number of hydrogen-bond acceptors (Lipinski definition) is 6. The normalized spacial score (nSPS) is 13.3. The minimum absolute atomic E-state index is 0.0211. The highest BCUT2D eigenvalue weighted by atomic mass is 32.2. The average Bonchev–Trinajstić information content (AvgIpc) is 2.95. The summed E-state index contributed by atoms with van der Waals surface area (Å²) in [6.07, 6.45) is 0. The molecule has 138 valence electrons. The van der Waals surface area contributed by atoms with Gasteiger partial charge in [-0.05, 0) is 5.56 Å². The Morgan fingerprint density at radius 1 is 1.15 bits per heavy atom. The Balaban J connectivity index is 1.74. The second-order valence-electron chi connectivity index (χ2n) is 5.41. The Kier molecular flexibility index (Phi) is 5.31. The molecule has 0 saturated carbocycles. The molecule has 0 atom stereocenters. The minimum atomic E-state index is -0.927. The summed E-state index contributed by atoms with van der Waals surface area (Å²) in [7, 11) is 0. The smallest absolute Gasteiger partial charge is 0.311 e. The van der Waals surface area contributed by atoms with Gasteiger partial charge in [-0.2, -0.15) is 4.99 Å². The molecule has 0 radical (unpaired) electrons. The van der Waals surface area contributed by atoms with Gasteiger partial charge in [0.25, 0.3) is 5.56 Å². The van der Waals surface area contributed by atoms with Crippen molar-refractivity contribution in [3.63, 3.8) is 0 Å². The Morgan fingerprint density at radius 2 is 1.89 bits per heavy atom. The van der Waals surface area contributed by atoms with Crippen LogP contribution in [0.2, 0.25) is 0 Å². The number of amides is 3. The summed E-state index contributed by atoms with van der Waals surface area (Å²) < 4.78 is 1.22. The zero-order chi connectivity index (χ0) is 19.4. The van der Waals surface area contributed by atoms with Gasteiger partial charge in [0.1, 0.15) is 5.82 Å². The molecule has 3 N–H and O–H groups in total. The number of rotatable bonds is 5. The fourth-order valence-electron chi connectivity index (χ4n) is 2.25. The molecule has 3 rings (SSSR count). The first-order chi connectivity index (χ1) is 12.9. The number of benzene rings is 1. The number of aliphatic imine (C=N–C) groups is 1. The fraction of sp³-hybridized carbons (Fsp3) is 0.125. The van der Waals surface area contributed by atoms with Crippen molar-refractivity contribution >= 4 is 40.5 Å². The molecule has 2 heterocycles. The molecule has 0 unspecified atom stereocenters. The van der Waals surface area contributed by atoms with E-state index in [0.29, 0.717) is 0 Å². The van der Waals surface area contributed by atoms with Gasteiger partial charge in [0, 0.05) is 6.07 Å². The highest BCUT2D eigenvalue weighted by Gasteiger charge is 2.24. The van der Waals surface area contributed by atoms with Gasteiger partial charge in [-0.15, -0.1) is 0 Å². The van der Waals surface area contributed by atoms with E-state index in [-0.39, 0.29) is 23.3 Å². The van der Waals surface area contributed by atoms with E-state index in [2.05, 4.69) is 20.6 Å². The molecule has 0 bridgehead atoms. The predicted molar refractivity (Wildman–Crippen MR) is 98.5 cm³/mol. The van der Waals surface area contributed by atoms with E-state index in [1.165, 1.54) is 4.57 Å². The molecule has 2 aromatic rings. The molecule has 1 aliphatic heterocycles. The molecule has 1 aliphatic rings. The molecule has 27 heavy (non-hydrogen) atoms. The standard InChI is InChI=1S/C16H13N5O5S/c22-11-6-10(17-12(23)8-27-15-19-13(24)14(25)20-15)21(16(26)18-11)7-9-4-2-1-3-5-9/h1-6H,7-8H2,(H,17,23)(H,18,22,26)(H,19,20,24,25). The van der Waals surface area contributed by atoms with E-state index in [0.717, 1.165) is 23.4 Å². The molecule has 0 spiro atoms. The summed E-state index contributed by atoms with van der Waals surface area (Å²) in [6.45, 7) is 0.149. The molecular formula is C16H13N5O5S. The van der Waals surface area contributed by atoms with Crippen molar-refractivity contribution in [1.82, 2.24) is 14.9 Å². The lowest BCUT2D eigenvalue weighted by Crippen LogP contribution is -2.33. The third-order valence-corrected chi connectivity index (χ3v) is 4.32. The Bertz CT molecular complexity index is 1060. The summed E-state index contributed by atoms with van der Waals surface area (Å²) in [5.41, 5.74) is -0.504. The number of aromatic amines is 1. The molecule has 0 aliphatic carbocycles. The summed E-state index contributed by atoms with van der Waals surface area (Å²) in [5.74, 6) is -2.47. The summed E-state index contributed by atoms with van der Waals surface area (Å²) in [4.78, 5) is 63.5. The van der Waals surface area contributed by atoms with Crippen molar-refractivity contribution < 1.29 is 14.4 Å². The Hall–Kier alpha value is -3.47. The molecule has 0 saturated heterocycles. The first-order valence-electron chi connectivity index (χ1n) is 7.67. The maximum absolute atomic E-state index is 12.1. The van der Waals surface area contributed by atoms with E-state index in [9.17, 15) is 24.0 Å². The van der Waals surface area contributed by atoms with Crippen molar-refractivity contribution in [3.05, 3.63) is 62.8 Å². The van der Waals surface area contributed by atoms with Crippen molar-refractivity contribution in [3.8, 4) is 0 Å². The van der Waals surface area contributed by atoms with Crippen LogP contribution in [-0.4, -0.2) is 38.2 Å². The van der Waals surface area contributed by atoms with E-state index >= 15 is 0 Å². The van der Waals surface area contributed by atoms with Crippen LogP contribution in [0.1, 0.15) is 5.56 Å². The van der Waals surface area contributed by atoms with Gasteiger partial charge < -0.3 is 5.32 Å². The van der Waals surface area contributed by atoms with E-state index in [4.69, 9.17) is 0 Å². The van der Waals surface area contributed by atoms with E-state index in [1.54, 1.807) is 24.3 Å². The van der Waals surface area contributed by atoms with Gasteiger partial charge in [-0.1, -0.05) is 42.1 Å². The number of anilines is 1. The molecular weight excluding hydrogens is 374 g/mol. The maximum atomic E-state index is 12.1. The first-order valence-corrected chi connectivity index (χ1v) is 8.65.